The zero-order valence-electron chi connectivity index (χ0n) is 7.61. The number of carboxylic acids is 1. The SMILES string of the molecule is O=Ic1c(C(=O)O)ccc2ccccc12. The molecule has 3 nitrogen and oxygen atoms in total. The molecule has 0 spiro atoms. The summed E-state index contributed by atoms with van der Waals surface area (Å²) in [6.07, 6.45) is 0. The van der Waals surface area contributed by atoms with Crippen molar-refractivity contribution in [2.45, 2.75) is 0 Å². The zero-order valence-corrected chi connectivity index (χ0v) is 9.76. The molecule has 0 unspecified atom stereocenters. The van der Waals surface area contributed by atoms with Crippen molar-refractivity contribution in [3.63, 3.8) is 0 Å². The molecule has 0 aliphatic carbocycles. The highest BCUT2D eigenvalue weighted by Crippen LogP contribution is 2.26. The van der Waals surface area contributed by atoms with E-state index in [1.54, 1.807) is 12.1 Å². The van der Waals surface area contributed by atoms with Crippen molar-refractivity contribution in [1.82, 2.24) is 0 Å². The number of hydrogen-bond donors (Lipinski definition) is 1. The standard InChI is InChI=1S/C11H7IO3/c13-11(14)9-6-5-7-3-1-2-4-8(7)10(9)12-15/h1-6H,(H,13,14). The summed E-state index contributed by atoms with van der Waals surface area (Å²) in [6, 6.07) is 10.6. The second-order valence-corrected chi connectivity index (χ2v) is 4.55. The van der Waals surface area contributed by atoms with E-state index in [4.69, 9.17) is 5.11 Å². The number of hydrogen-bond acceptors (Lipinski definition) is 2. The number of benzene rings is 2. The highest BCUT2D eigenvalue weighted by atomic mass is 127. The second-order valence-electron chi connectivity index (χ2n) is 3.03. The molecule has 76 valence electrons. The Morgan fingerprint density at radius 2 is 1.87 bits per heavy atom. The summed E-state index contributed by atoms with van der Waals surface area (Å²) in [6.45, 7) is 0. The third kappa shape index (κ3) is 1.77. The molecule has 15 heavy (non-hydrogen) atoms. The first-order chi connectivity index (χ1) is 7.24. The molecule has 0 saturated heterocycles. The van der Waals surface area contributed by atoms with Crippen LogP contribution >= 0.6 is 21.2 Å². The van der Waals surface area contributed by atoms with Gasteiger partial charge in [0.05, 0.1) is 9.13 Å². The lowest BCUT2D eigenvalue weighted by Gasteiger charge is -2.03. The largest absolute Gasteiger partial charge is 0.478 e. The molecule has 0 atom stereocenters. The summed E-state index contributed by atoms with van der Waals surface area (Å²) in [5, 5.41) is 10.6. The van der Waals surface area contributed by atoms with E-state index in [1.165, 1.54) is 6.07 Å². The highest BCUT2D eigenvalue weighted by Gasteiger charge is 2.12. The maximum Gasteiger partial charge on any atom is 0.336 e. The number of aromatic carboxylic acids is 1. The molecular weight excluding hydrogens is 307 g/mol. The van der Waals surface area contributed by atoms with E-state index in [2.05, 4.69) is 0 Å². The number of halogens is 1. The maximum atomic E-state index is 11.1. The van der Waals surface area contributed by atoms with Crippen molar-refractivity contribution in [3.05, 3.63) is 45.5 Å². The smallest absolute Gasteiger partial charge is 0.336 e. The first kappa shape index (κ1) is 10.2. The summed E-state index contributed by atoms with van der Waals surface area (Å²) in [4.78, 5) is 10.9. The summed E-state index contributed by atoms with van der Waals surface area (Å²) in [5.41, 5.74) is 0.150. The van der Waals surface area contributed by atoms with Crippen LogP contribution in [-0.2, 0) is 3.07 Å². The van der Waals surface area contributed by atoms with Gasteiger partial charge in [0.1, 0.15) is 0 Å². The van der Waals surface area contributed by atoms with Gasteiger partial charge in [-0.15, -0.1) is 0 Å². The Balaban J connectivity index is 2.87. The lowest BCUT2D eigenvalue weighted by atomic mass is 10.1. The number of fused-ring (bicyclic) bond motifs is 1. The fourth-order valence-electron chi connectivity index (χ4n) is 1.48. The van der Waals surface area contributed by atoms with Gasteiger partial charge in [-0.25, -0.2) is 4.79 Å². The van der Waals surface area contributed by atoms with Crippen molar-refractivity contribution in [2.24, 2.45) is 0 Å². The molecule has 0 bridgehead atoms. The predicted molar refractivity (Wildman–Crippen MR) is 64.3 cm³/mol. The van der Waals surface area contributed by atoms with E-state index in [1.807, 2.05) is 18.2 Å². The van der Waals surface area contributed by atoms with Crippen molar-refractivity contribution in [3.8, 4) is 0 Å². The Morgan fingerprint density at radius 1 is 1.13 bits per heavy atom. The quantitative estimate of drug-likeness (QED) is 0.867. The van der Waals surface area contributed by atoms with Crippen molar-refractivity contribution in [2.75, 3.05) is 0 Å². The molecule has 2 rings (SSSR count). The molecular formula is C11H7IO3. The van der Waals surface area contributed by atoms with Crippen LogP contribution in [0.3, 0.4) is 0 Å². The maximum absolute atomic E-state index is 11.1. The molecule has 2 aromatic carbocycles. The van der Waals surface area contributed by atoms with Gasteiger partial charge in [-0.1, -0.05) is 30.3 Å². The van der Waals surface area contributed by atoms with Crippen LogP contribution in [0, 0.1) is 3.57 Å². The normalized spacial score (nSPS) is 10.4. The first-order valence-corrected chi connectivity index (χ1v) is 6.22. The summed E-state index contributed by atoms with van der Waals surface area (Å²) < 4.78 is 11.6. The monoisotopic (exact) mass is 314 g/mol. The lowest BCUT2D eigenvalue weighted by Crippen LogP contribution is -1.99. The van der Waals surface area contributed by atoms with Crippen LogP contribution in [0.2, 0.25) is 0 Å². The van der Waals surface area contributed by atoms with Gasteiger partial charge >= 0.3 is 5.97 Å². The van der Waals surface area contributed by atoms with E-state index in [-0.39, 0.29) is 5.56 Å². The van der Waals surface area contributed by atoms with Gasteiger partial charge in [0.15, 0.2) is 21.2 Å². The fraction of sp³-hybridized carbons (Fsp3) is 0. The third-order valence-corrected chi connectivity index (χ3v) is 3.77. The van der Waals surface area contributed by atoms with Gasteiger partial charge in [0, 0.05) is 0 Å². The van der Waals surface area contributed by atoms with E-state index < -0.39 is 27.2 Å². The molecule has 0 heterocycles. The lowest BCUT2D eigenvalue weighted by molar-refractivity contribution is 0.0696. The van der Waals surface area contributed by atoms with Crippen LogP contribution in [0.1, 0.15) is 10.4 Å². The molecule has 0 aliphatic heterocycles. The molecule has 0 aliphatic rings. The Kier molecular flexibility index (Phi) is 2.77. The van der Waals surface area contributed by atoms with Crippen LogP contribution < -0.4 is 0 Å². The average molecular weight is 314 g/mol. The minimum Gasteiger partial charge on any atom is -0.478 e. The first-order valence-electron chi connectivity index (χ1n) is 4.26. The molecule has 0 radical (unpaired) electrons. The number of rotatable bonds is 2. The minimum absolute atomic E-state index is 0.150. The van der Waals surface area contributed by atoms with Crippen LogP contribution in [0.5, 0.6) is 0 Å². The van der Waals surface area contributed by atoms with Gasteiger partial charge in [-0.3, -0.25) is 3.07 Å². The van der Waals surface area contributed by atoms with Crippen LogP contribution in [0.25, 0.3) is 10.8 Å². The molecule has 0 saturated carbocycles. The summed E-state index contributed by atoms with van der Waals surface area (Å²) in [7, 11) is 0. The Hall–Kier alpha value is -1.30. The Bertz CT molecular complexity index is 549. The van der Waals surface area contributed by atoms with Crippen LogP contribution in [0.15, 0.2) is 36.4 Å². The Morgan fingerprint density at radius 3 is 2.53 bits per heavy atom. The molecule has 4 heteroatoms. The van der Waals surface area contributed by atoms with Gasteiger partial charge < -0.3 is 5.11 Å². The third-order valence-electron chi connectivity index (χ3n) is 2.17. The minimum atomic E-state index is -1.48. The van der Waals surface area contributed by atoms with Crippen molar-refractivity contribution >= 4 is 37.9 Å². The van der Waals surface area contributed by atoms with Crippen LogP contribution in [0.4, 0.5) is 0 Å². The van der Waals surface area contributed by atoms with Crippen LogP contribution in [-0.4, -0.2) is 11.1 Å². The van der Waals surface area contributed by atoms with Gasteiger partial charge in [-0.05, 0) is 16.8 Å². The fourth-order valence-corrected chi connectivity index (χ4v) is 2.86. The average Bonchev–Trinajstić information content (AvgIpc) is 2.27. The van der Waals surface area contributed by atoms with E-state index in [0.717, 1.165) is 10.8 Å². The number of carboxylic acid groups (broad SMARTS) is 1. The van der Waals surface area contributed by atoms with E-state index >= 15 is 0 Å². The van der Waals surface area contributed by atoms with E-state index in [9.17, 15) is 7.86 Å². The van der Waals surface area contributed by atoms with Gasteiger partial charge in [0.2, 0.25) is 0 Å². The second kappa shape index (κ2) is 4.06. The van der Waals surface area contributed by atoms with Crippen molar-refractivity contribution in [1.29, 1.82) is 0 Å². The summed E-state index contributed by atoms with van der Waals surface area (Å²) >= 11 is -1.48. The molecule has 0 amide bonds. The van der Waals surface area contributed by atoms with E-state index in [0.29, 0.717) is 3.57 Å². The van der Waals surface area contributed by atoms with Gasteiger partial charge in [-0.2, -0.15) is 0 Å². The molecule has 2 aromatic rings. The predicted octanol–water partition coefficient (Wildman–Crippen LogP) is 3.02. The topological polar surface area (TPSA) is 54.4 Å². The Labute approximate surface area is 96.4 Å². The highest BCUT2D eigenvalue weighted by molar-refractivity contribution is 14.1. The molecule has 0 aromatic heterocycles. The van der Waals surface area contributed by atoms with Gasteiger partial charge in [0.25, 0.3) is 0 Å². The zero-order chi connectivity index (χ0) is 10.8. The van der Waals surface area contributed by atoms with Crippen molar-refractivity contribution < 1.29 is 13.0 Å². The molecule has 0 fully saturated rings. The number of carbonyl (C=O) groups is 1. The molecule has 1 N–H and O–H groups in total. The summed E-state index contributed by atoms with van der Waals surface area (Å²) in [5.74, 6) is -1.02.